The summed E-state index contributed by atoms with van der Waals surface area (Å²) in [5.74, 6) is -1.23. The number of para-hydroxylation sites is 1. The van der Waals surface area contributed by atoms with Crippen molar-refractivity contribution in [3.63, 3.8) is 0 Å². The number of carbonyl (C=O) groups excluding carboxylic acids is 2. The number of amides is 1. The fourth-order valence-electron chi connectivity index (χ4n) is 5.25. The average Bonchev–Trinajstić information content (AvgIpc) is 3.48. The maximum Gasteiger partial charge on any atom is 0.295 e. The lowest BCUT2D eigenvalue weighted by Gasteiger charge is -2.30. The van der Waals surface area contributed by atoms with Crippen LogP contribution in [0.3, 0.4) is 0 Å². The van der Waals surface area contributed by atoms with Crippen LogP contribution in [0.5, 0.6) is 0 Å². The molecule has 1 aromatic heterocycles. The van der Waals surface area contributed by atoms with Gasteiger partial charge in [0.1, 0.15) is 5.76 Å². The number of nitrogens with zero attached hydrogens (tertiary/aromatic N) is 2. The van der Waals surface area contributed by atoms with Crippen LogP contribution < -0.4 is 0 Å². The highest BCUT2D eigenvalue weighted by atomic mass is 79.9. The predicted octanol–water partition coefficient (Wildman–Crippen LogP) is 5.61. The van der Waals surface area contributed by atoms with Crippen molar-refractivity contribution in [1.82, 2.24) is 9.47 Å². The Labute approximate surface area is 195 Å². The number of likely N-dealkylation sites (tertiary alicyclic amines) is 1. The van der Waals surface area contributed by atoms with Crippen LogP contribution in [-0.2, 0) is 16.6 Å². The molecule has 1 unspecified atom stereocenters. The summed E-state index contributed by atoms with van der Waals surface area (Å²) in [5, 5.41) is 12.3. The summed E-state index contributed by atoms with van der Waals surface area (Å²) in [4.78, 5) is 28.4. The Morgan fingerprint density at radius 1 is 1.09 bits per heavy atom. The Kier molecular flexibility index (Phi) is 5.20. The van der Waals surface area contributed by atoms with Crippen molar-refractivity contribution in [3.8, 4) is 0 Å². The molecule has 2 aliphatic rings. The number of ketones is 1. The molecule has 1 saturated heterocycles. The molecule has 1 aliphatic carbocycles. The van der Waals surface area contributed by atoms with Crippen molar-refractivity contribution >= 4 is 44.3 Å². The summed E-state index contributed by atoms with van der Waals surface area (Å²) >= 11 is 3.49. The zero-order chi connectivity index (χ0) is 22.6. The highest BCUT2D eigenvalue weighted by Gasteiger charge is 2.50. The molecule has 1 saturated carbocycles. The maximum absolute atomic E-state index is 13.3. The molecular weight excluding hydrogens is 468 g/mol. The van der Waals surface area contributed by atoms with E-state index in [-0.39, 0.29) is 17.4 Å². The number of aryl methyl sites for hydroxylation is 2. The normalized spacial score (nSPS) is 21.2. The van der Waals surface area contributed by atoms with Crippen LogP contribution in [0.2, 0.25) is 0 Å². The summed E-state index contributed by atoms with van der Waals surface area (Å²) in [6.07, 6.45) is 5.84. The van der Waals surface area contributed by atoms with Gasteiger partial charge >= 0.3 is 0 Å². The van der Waals surface area contributed by atoms with Gasteiger partial charge in [-0.1, -0.05) is 53.0 Å². The summed E-state index contributed by atoms with van der Waals surface area (Å²) in [5.41, 5.74) is 3.57. The van der Waals surface area contributed by atoms with E-state index in [4.69, 9.17) is 0 Å². The average molecular weight is 493 g/mol. The van der Waals surface area contributed by atoms with Gasteiger partial charge in [0.25, 0.3) is 11.7 Å². The van der Waals surface area contributed by atoms with Gasteiger partial charge in [0.2, 0.25) is 0 Å². The zero-order valence-corrected chi connectivity index (χ0v) is 19.7. The standard InChI is InChI=1S/C26H25BrN2O3/c1-15-13-16(11-12-20(15)27)24(30)22-23(19-14-28(2)21-10-6-5-9-18(19)21)29(26(32)25(22)31)17-7-3-4-8-17/h5-6,9-14,17,23,30H,3-4,7-8H2,1-2H3/b24-22+. The van der Waals surface area contributed by atoms with Crippen LogP contribution in [0.15, 0.2) is 58.7 Å². The molecule has 0 spiro atoms. The number of hydrogen-bond donors (Lipinski definition) is 1. The molecule has 0 radical (unpaired) electrons. The number of aliphatic hydroxyl groups is 1. The van der Waals surface area contributed by atoms with Crippen molar-refractivity contribution < 1.29 is 14.7 Å². The molecule has 5 nitrogen and oxygen atoms in total. The van der Waals surface area contributed by atoms with Crippen molar-refractivity contribution in [3.05, 3.63) is 75.4 Å². The SMILES string of the molecule is Cc1cc(/C(O)=C2\C(=O)C(=O)N(C3CCCC3)C2c2cn(C)c3ccccc23)ccc1Br. The van der Waals surface area contributed by atoms with Crippen LogP contribution in [0.25, 0.3) is 16.7 Å². The highest BCUT2D eigenvalue weighted by molar-refractivity contribution is 9.10. The van der Waals surface area contributed by atoms with Crippen molar-refractivity contribution in [2.24, 2.45) is 7.05 Å². The number of rotatable bonds is 3. The first-order valence-corrected chi connectivity index (χ1v) is 11.8. The van der Waals surface area contributed by atoms with E-state index in [0.29, 0.717) is 5.56 Å². The number of hydrogen-bond acceptors (Lipinski definition) is 3. The fourth-order valence-corrected chi connectivity index (χ4v) is 5.50. The number of benzene rings is 2. The summed E-state index contributed by atoms with van der Waals surface area (Å²) in [7, 11) is 1.96. The summed E-state index contributed by atoms with van der Waals surface area (Å²) in [6.45, 7) is 1.93. The molecule has 2 aromatic carbocycles. The van der Waals surface area contributed by atoms with Gasteiger partial charge in [-0.15, -0.1) is 0 Å². The third-order valence-electron chi connectivity index (χ3n) is 6.85. The van der Waals surface area contributed by atoms with Crippen LogP contribution >= 0.6 is 15.9 Å². The van der Waals surface area contributed by atoms with Crippen LogP contribution in [-0.4, -0.2) is 32.3 Å². The summed E-state index contributed by atoms with van der Waals surface area (Å²) in [6, 6.07) is 12.8. The van der Waals surface area contributed by atoms with Gasteiger partial charge in [-0.05, 0) is 43.5 Å². The topological polar surface area (TPSA) is 62.5 Å². The van der Waals surface area contributed by atoms with E-state index in [0.717, 1.165) is 52.2 Å². The minimum atomic E-state index is -0.604. The second kappa shape index (κ2) is 7.93. The molecule has 1 aliphatic heterocycles. The second-order valence-corrected chi connectivity index (χ2v) is 9.68. The molecule has 2 fully saturated rings. The predicted molar refractivity (Wildman–Crippen MR) is 128 cm³/mol. The molecule has 1 atom stereocenters. The van der Waals surface area contributed by atoms with Gasteiger partial charge in [-0.2, -0.15) is 0 Å². The van der Waals surface area contributed by atoms with Gasteiger partial charge in [-0.3, -0.25) is 9.59 Å². The quantitative estimate of drug-likeness (QED) is 0.293. The first-order valence-electron chi connectivity index (χ1n) is 11.0. The molecule has 32 heavy (non-hydrogen) atoms. The van der Waals surface area contributed by atoms with Crippen molar-refractivity contribution in [1.29, 1.82) is 0 Å². The smallest absolute Gasteiger partial charge is 0.295 e. The lowest BCUT2D eigenvalue weighted by molar-refractivity contribution is -0.141. The molecule has 1 amide bonds. The first-order chi connectivity index (χ1) is 15.4. The van der Waals surface area contributed by atoms with Crippen molar-refractivity contribution in [2.45, 2.75) is 44.7 Å². The fraction of sp³-hybridized carbons (Fsp3) is 0.308. The number of halogens is 1. The van der Waals surface area contributed by atoms with E-state index in [2.05, 4.69) is 15.9 Å². The van der Waals surface area contributed by atoms with Gasteiger partial charge in [0.15, 0.2) is 0 Å². The van der Waals surface area contributed by atoms with E-state index >= 15 is 0 Å². The molecule has 3 aromatic rings. The Morgan fingerprint density at radius 3 is 2.53 bits per heavy atom. The zero-order valence-electron chi connectivity index (χ0n) is 18.1. The van der Waals surface area contributed by atoms with E-state index in [9.17, 15) is 14.7 Å². The summed E-state index contributed by atoms with van der Waals surface area (Å²) < 4.78 is 2.94. The number of aromatic nitrogens is 1. The Balaban J connectivity index is 1.76. The van der Waals surface area contributed by atoms with Gasteiger partial charge in [0.05, 0.1) is 11.6 Å². The first kappa shape index (κ1) is 21.0. The van der Waals surface area contributed by atoms with Crippen molar-refractivity contribution in [2.75, 3.05) is 0 Å². The third kappa shape index (κ3) is 3.20. The van der Waals surface area contributed by atoms with E-state index in [1.54, 1.807) is 11.0 Å². The maximum atomic E-state index is 13.3. The van der Waals surface area contributed by atoms with Crippen LogP contribution in [0, 0.1) is 6.92 Å². The number of Topliss-reactive ketones (excluding diaryl/α,β-unsaturated/α-hetero) is 1. The molecule has 164 valence electrons. The van der Waals surface area contributed by atoms with E-state index in [1.165, 1.54) is 0 Å². The minimum absolute atomic E-state index is 0.00683. The van der Waals surface area contributed by atoms with E-state index < -0.39 is 17.7 Å². The third-order valence-corrected chi connectivity index (χ3v) is 7.74. The Morgan fingerprint density at radius 2 is 1.81 bits per heavy atom. The number of carbonyl (C=O) groups is 2. The molecule has 2 heterocycles. The van der Waals surface area contributed by atoms with E-state index in [1.807, 2.05) is 61.1 Å². The molecule has 0 bridgehead atoms. The molecule has 5 rings (SSSR count). The monoisotopic (exact) mass is 492 g/mol. The molecule has 1 N–H and O–H groups in total. The van der Waals surface area contributed by atoms with Gasteiger partial charge < -0.3 is 14.6 Å². The molecular formula is C26H25BrN2O3. The highest BCUT2D eigenvalue weighted by Crippen LogP contribution is 2.45. The lowest BCUT2D eigenvalue weighted by atomic mass is 9.94. The van der Waals surface area contributed by atoms with Crippen LogP contribution in [0.4, 0.5) is 0 Å². The van der Waals surface area contributed by atoms with Crippen LogP contribution in [0.1, 0.15) is 48.4 Å². The lowest BCUT2D eigenvalue weighted by Crippen LogP contribution is -2.37. The number of aliphatic hydroxyl groups excluding tert-OH is 1. The Bertz CT molecular complexity index is 1280. The Hall–Kier alpha value is -2.86. The van der Waals surface area contributed by atoms with Gasteiger partial charge in [-0.25, -0.2) is 0 Å². The minimum Gasteiger partial charge on any atom is -0.507 e. The van der Waals surface area contributed by atoms with Gasteiger partial charge in [0, 0.05) is 45.8 Å². The molecule has 6 heteroatoms. The number of fused-ring (bicyclic) bond motifs is 1. The largest absolute Gasteiger partial charge is 0.507 e. The second-order valence-electron chi connectivity index (χ2n) is 8.82.